The topological polar surface area (TPSA) is 113 Å². The summed E-state index contributed by atoms with van der Waals surface area (Å²) >= 11 is 1.24. The van der Waals surface area contributed by atoms with Gasteiger partial charge in [-0.25, -0.2) is 13.6 Å². The number of nitrogens with zero attached hydrogens (tertiary/aromatic N) is 2. The minimum Gasteiger partial charge on any atom is -0.497 e. The van der Waals surface area contributed by atoms with Gasteiger partial charge in [-0.1, -0.05) is 23.5 Å². The van der Waals surface area contributed by atoms with Crippen LogP contribution in [0.2, 0.25) is 0 Å². The molecule has 10 heteroatoms. The predicted octanol–water partition coefficient (Wildman–Crippen LogP) is 2.07. The molecule has 0 aliphatic rings. The SMILES string of the molecule is CCOCCn1c(=NC(=O)Cc2ccc(OC)cc2)sc2cc(S(N)(=O)=O)ccc21. The van der Waals surface area contributed by atoms with Crippen molar-refractivity contribution < 1.29 is 22.7 Å². The number of benzene rings is 2. The van der Waals surface area contributed by atoms with E-state index < -0.39 is 10.0 Å². The Kier molecular flexibility index (Phi) is 7.03. The number of carbonyl (C=O) groups excluding carboxylic acids is 1. The molecule has 0 fully saturated rings. The lowest BCUT2D eigenvalue weighted by atomic mass is 10.1. The quantitative estimate of drug-likeness (QED) is 0.529. The molecule has 2 aromatic carbocycles. The van der Waals surface area contributed by atoms with Crippen LogP contribution in [0.25, 0.3) is 10.2 Å². The van der Waals surface area contributed by atoms with Crippen molar-refractivity contribution in [3.05, 3.63) is 52.8 Å². The summed E-state index contributed by atoms with van der Waals surface area (Å²) < 4.78 is 36.4. The number of carbonyl (C=O) groups is 1. The van der Waals surface area contributed by atoms with Crippen LogP contribution in [-0.4, -0.2) is 39.2 Å². The molecule has 1 amide bonds. The zero-order valence-electron chi connectivity index (χ0n) is 16.7. The summed E-state index contributed by atoms with van der Waals surface area (Å²) in [5.41, 5.74) is 1.59. The molecular formula is C20H23N3O5S2. The number of aromatic nitrogens is 1. The van der Waals surface area contributed by atoms with E-state index in [0.717, 1.165) is 11.1 Å². The fourth-order valence-corrected chi connectivity index (χ4v) is 4.62. The lowest BCUT2D eigenvalue weighted by Gasteiger charge is -2.06. The molecule has 0 spiro atoms. The Morgan fingerprint density at radius 2 is 1.93 bits per heavy atom. The second kappa shape index (κ2) is 9.52. The van der Waals surface area contributed by atoms with Crippen LogP contribution in [0.4, 0.5) is 0 Å². The number of thiazole rings is 1. The van der Waals surface area contributed by atoms with Gasteiger partial charge in [0.1, 0.15) is 5.75 Å². The highest BCUT2D eigenvalue weighted by molar-refractivity contribution is 7.89. The molecule has 8 nitrogen and oxygen atoms in total. The van der Waals surface area contributed by atoms with Gasteiger partial charge < -0.3 is 14.0 Å². The summed E-state index contributed by atoms with van der Waals surface area (Å²) in [7, 11) is -2.24. The molecule has 160 valence electrons. The number of rotatable bonds is 8. The number of nitrogens with two attached hydrogens (primary N) is 1. The third kappa shape index (κ3) is 5.33. The number of fused-ring (bicyclic) bond motifs is 1. The van der Waals surface area contributed by atoms with Gasteiger partial charge in [0.25, 0.3) is 5.91 Å². The Bertz CT molecular complexity index is 1210. The molecule has 0 unspecified atom stereocenters. The van der Waals surface area contributed by atoms with Crippen LogP contribution < -0.4 is 14.7 Å². The van der Waals surface area contributed by atoms with E-state index in [9.17, 15) is 13.2 Å². The number of ether oxygens (including phenoxy) is 2. The highest BCUT2D eigenvalue weighted by atomic mass is 32.2. The first-order valence-corrected chi connectivity index (χ1v) is 11.6. The Balaban J connectivity index is 1.98. The average Bonchev–Trinajstić information content (AvgIpc) is 3.04. The fraction of sp³-hybridized carbons (Fsp3) is 0.300. The second-order valence-corrected chi connectivity index (χ2v) is 9.01. The summed E-state index contributed by atoms with van der Waals surface area (Å²) in [6, 6.07) is 11.8. The molecule has 3 rings (SSSR count). The maximum absolute atomic E-state index is 12.6. The standard InChI is InChI=1S/C20H23N3O5S2/c1-3-28-11-10-23-17-9-8-16(30(21,25)26)13-18(17)29-20(23)22-19(24)12-14-4-6-15(27-2)7-5-14/h4-9,13H,3,10-12H2,1-2H3,(H2,21,25,26). The van der Waals surface area contributed by atoms with Gasteiger partial charge >= 0.3 is 0 Å². The monoisotopic (exact) mass is 449 g/mol. The van der Waals surface area contributed by atoms with Gasteiger partial charge in [0.15, 0.2) is 4.80 Å². The minimum atomic E-state index is -3.82. The van der Waals surface area contributed by atoms with Crippen molar-refractivity contribution in [1.29, 1.82) is 0 Å². The summed E-state index contributed by atoms with van der Waals surface area (Å²) in [6.45, 7) is 3.40. The van der Waals surface area contributed by atoms with Gasteiger partial charge in [-0.2, -0.15) is 4.99 Å². The second-order valence-electron chi connectivity index (χ2n) is 6.44. The summed E-state index contributed by atoms with van der Waals surface area (Å²) in [6.07, 6.45) is 0.145. The predicted molar refractivity (Wildman–Crippen MR) is 115 cm³/mol. The molecule has 1 heterocycles. The molecule has 0 aliphatic carbocycles. The van der Waals surface area contributed by atoms with E-state index >= 15 is 0 Å². The first-order valence-electron chi connectivity index (χ1n) is 9.26. The molecule has 1 aromatic heterocycles. The molecule has 0 bridgehead atoms. The number of hydrogen-bond donors (Lipinski definition) is 1. The van der Waals surface area contributed by atoms with E-state index in [2.05, 4.69) is 4.99 Å². The van der Waals surface area contributed by atoms with E-state index in [-0.39, 0.29) is 17.2 Å². The van der Waals surface area contributed by atoms with Crippen LogP contribution in [0.1, 0.15) is 12.5 Å². The lowest BCUT2D eigenvalue weighted by Crippen LogP contribution is -2.20. The average molecular weight is 450 g/mol. The van der Waals surface area contributed by atoms with Crippen LogP contribution in [0.3, 0.4) is 0 Å². The normalized spacial score (nSPS) is 12.4. The molecule has 0 saturated heterocycles. The van der Waals surface area contributed by atoms with Gasteiger partial charge in [0, 0.05) is 13.2 Å². The molecule has 3 aromatic rings. The smallest absolute Gasteiger partial charge is 0.252 e. The molecule has 0 radical (unpaired) electrons. The van der Waals surface area contributed by atoms with Gasteiger partial charge in [-0.05, 0) is 42.8 Å². The minimum absolute atomic E-state index is 0.0179. The number of amides is 1. The highest BCUT2D eigenvalue weighted by Gasteiger charge is 2.13. The molecule has 2 N–H and O–H groups in total. The zero-order valence-corrected chi connectivity index (χ0v) is 18.3. The van der Waals surface area contributed by atoms with Gasteiger partial charge in [0.05, 0.1) is 35.2 Å². The van der Waals surface area contributed by atoms with E-state index in [1.165, 1.54) is 23.5 Å². The molecule has 0 saturated carbocycles. The molecule has 0 aliphatic heterocycles. The maximum Gasteiger partial charge on any atom is 0.252 e. The van der Waals surface area contributed by atoms with Crippen molar-refractivity contribution in [3.63, 3.8) is 0 Å². The third-order valence-electron chi connectivity index (χ3n) is 4.38. The number of sulfonamides is 1. The van der Waals surface area contributed by atoms with E-state index in [1.807, 2.05) is 23.6 Å². The largest absolute Gasteiger partial charge is 0.497 e. The summed E-state index contributed by atoms with van der Waals surface area (Å²) in [5.74, 6) is 0.413. The van der Waals surface area contributed by atoms with Crippen molar-refractivity contribution in [2.75, 3.05) is 20.3 Å². The highest BCUT2D eigenvalue weighted by Crippen LogP contribution is 2.21. The number of primary sulfonamides is 1. The van der Waals surface area contributed by atoms with Gasteiger partial charge in [-0.15, -0.1) is 0 Å². The lowest BCUT2D eigenvalue weighted by molar-refractivity contribution is -0.117. The number of hydrogen-bond acceptors (Lipinski definition) is 6. The first-order chi connectivity index (χ1) is 14.3. The zero-order chi connectivity index (χ0) is 21.7. The first kappa shape index (κ1) is 22.2. The van der Waals surface area contributed by atoms with Crippen molar-refractivity contribution in [2.45, 2.75) is 24.8 Å². The third-order valence-corrected chi connectivity index (χ3v) is 6.33. The van der Waals surface area contributed by atoms with Gasteiger partial charge in [-0.3, -0.25) is 4.79 Å². The van der Waals surface area contributed by atoms with Crippen LogP contribution in [0.15, 0.2) is 52.4 Å². The van der Waals surface area contributed by atoms with Crippen molar-refractivity contribution in [1.82, 2.24) is 4.57 Å². The van der Waals surface area contributed by atoms with Crippen LogP contribution >= 0.6 is 11.3 Å². The Hall–Kier alpha value is -2.53. The maximum atomic E-state index is 12.6. The van der Waals surface area contributed by atoms with Crippen molar-refractivity contribution in [2.24, 2.45) is 10.1 Å². The molecule has 0 atom stereocenters. The fourth-order valence-electron chi connectivity index (χ4n) is 2.90. The van der Waals surface area contributed by atoms with E-state index in [0.29, 0.717) is 35.0 Å². The summed E-state index contributed by atoms with van der Waals surface area (Å²) in [5, 5.41) is 5.24. The van der Waals surface area contributed by atoms with E-state index in [1.54, 1.807) is 25.3 Å². The van der Waals surface area contributed by atoms with Crippen molar-refractivity contribution >= 4 is 37.5 Å². The number of methoxy groups -OCH3 is 1. The van der Waals surface area contributed by atoms with E-state index in [4.69, 9.17) is 14.6 Å². The van der Waals surface area contributed by atoms with Crippen LogP contribution in [0, 0.1) is 0 Å². The Morgan fingerprint density at radius 3 is 2.57 bits per heavy atom. The van der Waals surface area contributed by atoms with Crippen molar-refractivity contribution in [3.8, 4) is 5.75 Å². The Labute approximate surface area is 178 Å². The van der Waals surface area contributed by atoms with Crippen LogP contribution in [-0.2, 0) is 32.5 Å². The van der Waals surface area contributed by atoms with Gasteiger partial charge in [0.2, 0.25) is 10.0 Å². The molecular weight excluding hydrogens is 426 g/mol. The molecule has 30 heavy (non-hydrogen) atoms. The Morgan fingerprint density at radius 1 is 1.20 bits per heavy atom. The van der Waals surface area contributed by atoms with Crippen LogP contribution in [0.5, 0.6) is 5.75 Å². The summed E-state index contributed by atoms with van der Waals surface area (Å²) in [4.78, 5) is 17.3.